The summed E-state index contributed by atoms with van der Waals surface area (Å²) in [5.41, 5.74) is 9.05. The van der Waals surface area contributed by atoms with Gasteiger partial charge in [-0.05, 0) is 38.3 Å². The second-order valence-electron chi connectivity index (χ2n) is 4.88. The van der Waals surface area contributed by atoms with E-state index in [1.807, 2.05) is 32.0 Å². The highest BCUT2D eigenvalue weighted by Crippen LogP contribution is 2.28. The van der Waals surface area contributed by atoms with Crippen molar-refractivity contribution in [1.29, 1.82) is 0 Å². The summed E-state index contributed by atoms with van der Waals surface area (Å²) in [6.45, 7) is 4.01. The SMILES string of the molecule is Cc1ccc(C)c(C(=O)C2CCCC2N)c1. The average Bonchev–Trinajstić information content (AvgIpc) is 2.67. The quantitative estimate of drug-likeness (QED) is 0.774. The van der Waals surface area contributed by atoms with E-state index in [1.54, 1.807) is 0 Å². The van der Waals surface area contributed by atoms with Gasteiger partial charge < -0.3 is 5.73 Å². The van der Waals surface area contributed by atoms with Crippen LogP contribution >= 0.6 is 0 Å². The van der Waals surface area contributed by atoms with Gasteiger partial charge in [-0.1, -0.05) is 24.1 Å². The molecule has 1 aromatic carbocycles. The van der Waals surface area contributed by atoms with Gasteiger partial charge >= 0.3 is 0 Å². The van der Waals surface area contributed by atoms with Crippen molar-refractivity contribution in [2.45, 2.75) is 39.2 Å². The zero-order chi connectivity index (χ0) is 11.7. The molecule has 2 rings (SSSR count). The molecule has 16 heavy (non-hydrogen) atoms. The van der Waals surface area contributed by atoms with Gasteiger partial charge in [-0.3, -0.25) is 4.79 Å². The van der Waals surface area contributed by atoms with Crippen LogP contribution in [0.15, 0.2) is 18.2 Å². The van der Waals surface area contributed by atoms with Gasteiger partial charge in [-0.2, -0.15) is 0 Å². The summed E-state index contributed by atoms with van der Waals surface area (Å²) in [7, 11) is 0. The van der Waals surface area contributed by atoms with Gasteiger partial charge in [0.1, 0.15) is 0 Å². The minimum absolute atomic E-state index is 0.0421. The van der Waals surface area contributed by atoms with Gasteiger partial charge in [0.05, 0.1) is 0 Å². The molecule has 1 saturated carbocycles. The molecule has 0 aliphatic heterocycles. The van der Waals surface area contributed by atoms with Crippen LogP contribution in [-0.2, 0) is 0 Å². The topological polar surface area (TPSA) is 43.1 Å². The fourth-order valence-electron chi connectivity index (χ4n) is 2.52. The molecular weight excluding hydrogens is 198 g/mol. The predicted octanol–water partition coefficient (Wildman–Crippen LogP) is 2.61. The van der Waals surface area contributed by atoms with E-state index in [0.29, 0.717) is 0 Å². The Bertz CT molecular complexity index is 411. The Morgan fingerprint density at radius 1 is 1.31 bits per heavy atom. The Labute approximate surface area is 96.8 Å². The third-order valence-electron chi connectivity index (χ3n) is 3.56. The lowest BCUT2D eigenvalue weighted by Crippen LogP contribution is -2.31. The molecule has 2 atom stereocenters. The number of ketones is 1. The normalized spacial score (nSPS) is 24.7. The Hall–Kier alpha value is -1.15. The number of nitrogens with two attached hydrogens (primary N) is 1. The third kappa shape index (κ3) is 2.03. The van der Waals surface area contributed by atoms with Crippen LogP contribution in [0.25, 0.3) is 0 Å². The number of aryl methyl sites for hydroxylation is 2. The van der Waals surface area contributed by atoms with E-state index in [9.17, 15) is 4.79 Å². The summed E-state index contributed by atoms with van der Waals surface area (Å²) in [5, 5.41) is 0. The standard InChI is InChI=1S/C14H19NO/c1-9-6-7-10(2)12(8-9)14(16)11-4-3-5-13(11)15/h6-8,11,13H,3-5,15H2,1-2H3. The van der Waals surface area contributed by atoms with E-state index in [0.717, 1.165) is 36.0 Å². The van der Waals surface area contributed by atoms with Crippen molar-refractivity contribution in [3.63, 3.8) is 0 Å². The van der Waals surface area contributed by atoms with E-state index >= 15 is 0 Å². The van der Waals surface area contributed by atoms with Crippen molar-refractivity contribution < 1.29 is 4.79 Å². The Kier molecular flexibility index (Phi) is 3.10. The predicted molar refractivity (Wildman–Crippen MR) is 65.6 cm³/mol. The van der Waals surface area contributed by atoms with Crippen LogP contribution in [0.5, 0.6) is 0 Å². The summed E-state index contributed by atoms with van der Waals surface area (Å²) in [4.78, 5) is 12.4. The molecule has 2 heteroatoms. The molecule has 0 saturated heterocycles. The molecule has 1 aromatic rings. The van der Waals surface area contributed by atoms with Crippen molar-refractivity contribution in [3.05, 3.63) is 34.9 Å². The lowest BCUT2D eigenvalue weighted by atomic mass is 9.90. The molecule has 1 fully saturated rings. The average molecular weight is 217 g/mol. The van der Waals surface area contributed by atoms with E-state index in [4.69, 9.17) is 5.73 Å². The first-order valence-corrected chi connectivity index (χ1v) is 5.96. The van der Waals surface area contributed by atoms with Gasteiger partial charge in [0.2, 0.25) is 0 Å². The Balaban J connectivity index is 2.29. The summed E-state index contributed by atoms with van der Waals surface area (Å²) >= 11 is 0. The molecule has 86 valence electrons. The Morgan fingerprint density at radius 3 is 2.69 bits per heavy atom. The van der Waals surface area contributed by atoms with Crippen LogP contribution in [0.3, 0.4) is 0 Å². The summed E-state index contributed by atoms with van der Waals surface area (Å²) in [6, 6.07) is 6.11. The molecule has 1 aliphatic carbocycles. The maximum Gasteiger partial charge on any atom is 0.167 e. The van der Waals surface area contributed by atoms with E-state index in [2.05, 4.69) is 0 Å². The van der Waals surface area contributed by atoms with Crippen LogP contribution in [0.1, 0.15) is 40.7 Å². The number of hydrogen-bond donors (Lipinski definition) is 1. The number of carbonyl (C=O) groups excluding carboxylic acids is 1. The molecule has 0 amide bonds. The van der Waals surface area contributed by atoms with Crippen LogP contribution < -0.4 is 5.73 Å². The highest BCUT2D eigenvalue weighted by Gasteiger charge is 2.31. The highest BCUT2D eigenvalue weighted by molar-refractivity contribution is 5.99. The maximum absolute atomic E-state index is 12.4. The molecule has 1 aliphatic rings. The summed E-state index contributed by atoms with van der Waals surface area (Å²) < 4.78 is 0. The number of carbonyl (C=O) groups is 1. The van der Waals surface area contributed by atoms with Crippen molar-refractivity contribution in [2.24, 2.45) is 11.7 Å². The summed E-state index contributed by atoms with van der Waals surface area (Å²) in [5.74, 6) is 0.284. The molecule has 0 spiro atoms. The minimum Gasteiger partial charge on any atom is -0.327 e. The van der Waals surface area contributed by atoms with E-state index in [1.165, 1.54) is 0 Å². The monoisotopic (exact) mass is 217 g/mol. The van der Waals surface area contributed by atoms with E-state index in [-0.39, 0.29) is 17.7 Å². The zero-order valence-corrected chi connectivity index (χ0v) is 9.99. The second-order valence-corrected chi connectivity index (χ2v) is 4.88. The highest BCUT2D eigenvalue weighted by atomic mass is 16.1. The third-order valence-corrected chi connectivity index (χ3v) is 3.56. The van der Waals surface area contributed by atoms with Crippen LogP contribution in [0.4, 0.5) is 0 Å². The number of Topliss-reactive ketones (excluding diaryl/α,β-unsaturated/α-hetero) is 1. The van der Waals surface area contributed by atoms with Gasteiger partial charge in [0, 0.05) is 17.5 Å². The second kappa shape index (κ2) is 4.38. The van der Waals surface area contributed by atoms with Gasteiger partial charge in [0.15, 0.2) is 5.78 Å². The first kappa shape index (κ1) is 11.3. The Morgan fingerprint density at radius 2 is 2.06 bits per heavy atom. The molecular formula is C14H19NO. The molecule has 0 radical (unpaired) electrons. The molecule has 0 heterocycles. The van der Waals surface area contributed by atoms with Gasteiger partial charge in [-0.15, -0.1) is 0 Å². The van der Waals surface area contributed by atoms with Crippen LogP contribution in [0.2, 0.25) is 0 Å². The molecule has 2 nitrogen and oxygen atoms in total. The molecule has 2 N–H and O–H groups in total. The summed E-state index contributed by atoms with van der Waals surface area (Å²) in [6.07, 6.45) is 3.02. The minimum atomic E-state index is 0.0421. The zero-order valence-electron chi connectivity index (χ0n) is 9.99. The van der Waals surface area contributed by atoms with E-state index < -0.39 is 0 Å². The molecule has 2 unspecified atom stereocenters. The van der Waals surface area contributed by atoms with Crippen molar-refractivity contribution in [1.82, 2.24) is 0 Å². The van der Waals surface area contributed by atoms with Crippen molar-refractivity contribution in [3.8, 4) is 0 Å². The number of hydrogen-bond acceptors (Lipinski definition) is 2. The lowest BCUT2D eigenvalue weighted by Gasteiger charge is -2.15. The molecule has 0 bridgehead atoms. The van der Waals surface area contributed by atoms with Gasteiger partial charge in [0.25, 0.3) is 0 Å². The molecule has 0 aromatic heterocycles. The van der Waals surface area contributed by atoms with Crippen molar-refractivity contribution >= 4 is 5.78 Å². The fraction of sp³-hybridized carbons (Fsp3) is 0.500. The van der Waals surface area contributed by atoms with Crippen LogP contribution in [0, 0.1) is 19.8 Å². The maximum atomic E-state index is 12.4. The lowest BCUT2D eigenvalue weighted by molar-refractivity contribution is 0.0912. The number of rotatable bonds is 2. The smallest absolute Gasteiger partial charge is 0.167 e. The fourth-order valence-corrected chi connectivity index (χ4v) is 2.52. The van der Waals surface area contributed by atoms with Gasteiger partial charge in [-0.25, -0.2) is 0 Å². The number of benzene rings is 1. The first-order valence-electron chi connectivity index (χ1n) is 5.96. The van der Waals surface area contributed by atoms with Crippen molar-refractivity contribution in [2.75, 3.05) is 0 Å². The largest absolute Gasteiger partial charge is 0.327 e. The van der Waals surface area contributed by atoms with Crippen LogP contribution in [-0.4, -0.2) is 11.8 Å². The first-order chi connectivity index (χ1) is 7.59.